The smallest absolute Gasteiger partial charge is 0.102 e. The van der Waals surface area contributed by atoms with Crippen LogP contribution in [0.15, 0.2) is 30.3 Å². The molecule has 2 heteroatoms. The molecule has 0 heterocycles. The van der Waals surface area contributed by atoms with Gasteiger partial charge in [-0.25, -0.2) is 0 Å². The molecule has 0 saturated heterocycles. The van der Waals surface area contributed by atoms with E-state index in [0.717, 1.165) is 6.42 Å². The first-order valence-electron chi connectivity index (χ1n) is 4.58. The fraction of sp³-hybridized carbons (Fsp3) is 0.364. The minimum Gasteiger partial charge on any atom is -0.198 e. The van der Waals surface area contributed by atoms with Crippen molar-refractivity contribution < 1.29 is 0 Å². The summed E-state index contributed by atoms with van der Waals surface area (Å²) in [6, 6.07) is 12.8. The van der Waals surface area contributed by atoms with Gasteiger partial charge in [0.1, 0.15) is 8.80 Å². The Morgan fingerprint density at radius 3 is 2.46 bits per heavy atom. The van der Waals surface area contributed by atoms with Gasteiger partial charge in [0, 0.05) is 5.54 Å². The Hall–Kier alpha value is -1.07. The van der Waals surface area contributed by atoms with Gasteiger partial charge in [-0.05, 0) is 6.42 Å². The highest BCUT2D eigenvalue weighted by atomic mass is 28.3. The Bertz CT molecular complexity index is 289. The summed E-state index contributed by atoms with van der Waals surface area (Å²) in [4.78, 5) is 0. The number of nitriles is 1. The zero-order chi connectivity index (χ0) is 9.68. The third-order valence-electron chi connectivity index (χ3n) is 2.32. The summed E-state index contributed by atoms with van der Waals surface area (Å²) in [6.07, 6.45) is 0.968. The molecule has 67 valence electrons. The number of hydrogen-bond acceptors (Lipinski definition) is 1. The maximum Gasteiger partial charge on any atom is 0.102 e. The fourth-order valence-corrected chi connectivity index (χ4v) is 3.32. The van der Waals surface area contributed by atoms with E-state index in [0.29, 0.717) is 0 Å². The first-order valence-corrected chi connectivity index (χ1v) is 6.65. The first-order chi connectivity index (χ1) is 6.29. The largest absolute Gasteiger partial charge is 0.198 e. The summed E-state index contributed by atoms with van der Waals surface area (Å²) in [6.45, 7) is 4.31. The molecule has 0 amide bonds. The van der Waals surface area contributed by atoms with Crippen LogP contribution in [0.4, 0.5) is 0 Å². The Morgan fingerprint density at radius 2 is 2.00 bits per heavy atom. The third-order valence-corrected chi connectivity index (χ3v) is 5.14. The van der Waals surface area contributed by atoms with Crippen LogP contribution in [0.2, 0.25) is 12.1 Å². The van der Waals surface area contributed by atoms with Crippen molar-refractivity contribution in [2.75, 3.05) is 0 Å². The van der Waals surface area contributed by atoms with Crippen LogP contribution in [-0.2, 0) is 0 Å². The van der Waals surface area contributed by atoms with Gasteiger partial charge in [0.2, 0.25) is 0 Å². The van der Waals surface area contributed by atoms with Crippen LogP contribution in [0.1, 0.15) is 13.3 Å². The molecule has 0 aliphatic carbocycles. The van der Waals surface area contributed by atoms with Gasteiger partial charge in [-0.2, -0.15) is 5.26 Å². The summed E-state index contributed by atoms with van der Waals surface area (Å²) >= 11 is 0. The maximum absolute atomic E-state index is 8.93. The van der Waals surface area contributed by atoms with Crippen molar-refractivity contribution in [1.82, 2.24) is 0 Å². The van der Waals surface area contributed by atoms with Gasteiger partial charge in [0.25, 0.3) is 0 Å². The highest BCUT2D eigenvalue weighted by molar-refractivity contribution is 6.74. The van der Waals surface area contributed by atoms with Crippen LogP contribution in [0.3, 0.4) is 0 Å². The molecule has 0 spiro atoms. The van der Waals surface area contributed by atoms with Crippen LogP contribution < -0.4 is 5.19 Å². The van der Waals surface area contributed by atoms with E-state index >= 15 is 0 Å². The van der Waals surface area contributed by atoms with E-state index < -0.39 is 8.80 Å². The zero-order valence-electron chi connectivity index (χ0n) is 8.12. The second-order valence-corrected chi connectivity index (χ2v) is 5.78. The number of hydrogen-bond donors (Lipinski definition) is 0. The molecule has 1 aromatic carbocycles. The standard InChI is InChI=1S/C11H14NSi/c1-3-10(9-12)13(2)11-7-5-4-6-8-11/h4-8,10H,3H2,1-2H3. The molecule has 0 aliphatic heterocycles. The summed E-state index contributed by atoms with van der Waals surface area (Å²) in [5, 5.41) is 10.3. The highest BCUT2D eigenvalue weighted by Crippen LogP contribution is 2.13. The SMILES string of the molecule is CCC(C#N)[Si](C)c1ccccc1. The van der Waals surface area contributed by atoms with Gasteiger partial charge in [-0.3, -0.25) is 0 Å². The minimum absolute atomic E-state index is 0.243. The molecule has 0 aliphatic rings. The molecule has 0 N–H and O–H groups in total. The summed E-state index contributed by atoms with van der Waals surface area (Å²) in [5.41, 5.74) is 0.243. The summed E-state index contributed by atoms with van der Waals surface area (Å²) < 4.78 is 0. The quantitative estimate of drug-likeness (QED) is 0.668. The van der Waals surface area contributed by atoms with Crippen LogP contribution in [0.25, 0.3) is 0 Å². The topological polar surface area (TPSA) is 23.8 Å². The second kappa shape index (κ2) is 4.83. The van der Waals surface area contributed by atoms with Crippen molar-refractivity contribution in [3.05, 3.63) is 30.3 Å². The lowest BCUT2D eigenvalue weighted by Gasteiger charge is -2.13. The molecular weight excluding hydrogens is 174 g/mol. The molecule has 1 nitrogen and oxygen atoms in total. The van der Waals surface area contributed by atoms with Crippen LogP contribution in [-0.4, -0.2) is 8.80 Å². The molecule has 0 saturated carbocycles. The molecule has 13 heavy (non-hydrogen) atoms. The molecule has 1 aromatic rings. The van der Waals surface area contributed by atoms with Gasteiger partial charge in [-0.1, -0.05) is 49.0 Å². The monoisotopic (exact) mass is 188 g/mol. The van der Waals surface area contributed by atoms with Crippen LogP contribution in [0, 0.1) is 11.3 Å². The van der Waals surface area contributed by atoms with Gasteiger partial charge in [0.05, 0.1) is 6.07 Å². The van der Waals surface area contributed by atoms with E-state index in [1.54, 1.807) is 0 Å². The van der Waals surface area contributed by atoms with Crippen LogP contribution in [0.5, 0.6) is 0 Å². The average Bonchev–Trinajstić information content (AvgIpc) is 2.21. The first kappa shape index (κ1) is 10.0. The molecule has 0 bridgehead atoms. The van der Waals surface area contributed by atoms with Gasteiger partial charge < -0.3 is 0 Å². The van der Waals surface area contributed by atoms with Crippen molar-refractivity contribution in [3.63, 3.8) is 0 Å². The van der Waals surface area contributed by atoms with Crippen LogP contribution >= 0.6 is 0 Å². The number of rotatable bonds is 3. The highest BCUT2D eigenvalue weighted by Gasteiger charge is 2.17. The molecular formula is C11H14NSi. The molecule has 1 atom stereocenters. The maximum atomic E-state index is 8.93. The molecule has 0 fully saturated rings. The predicted molar refractivity (Wildman–Crippen MR) is 57.3 cm³/mol. The van der Waals surface area contributed by atoms with Gasteiger partial charge in [0.15, 0.2) is 0 Å². The second-order valence-electron chi connectivity index (χ2n) is 3.14. The zero-order valence-corrected chi connectivity index (χ0v) is 9.12. The fourth-order valence-electron chi connectivity index (χ4n) is 1.40. The van der Waals surface area contributed by atoms with Crippen molar-refractivity contribution in [2.45, 2.75) is 25.4 Å². The minimum atomic E-state index is -0.668. The number of nitrogens with zero attached hydrogens (tertiary/aromatic N) is 1. The molecule has 1 radical (unpaired) electrons. The van der Waals surface area contributed by atoms with E-state index in [2.05, 4.69) is 31.7 Å². The Kier molecular flexibility index (Phi) is 3.72. The van der Waals surface area contributed by atoms with Crippen molar-refractivity contribution >= 4 is 14.0 Å². The Morgan fingerprint density at radius 1 is 1.38 bits per heavy atom. The van der Waals surface area contributed by atoms with E-state index in [-0.39, 0.29) is 5.54 Å². The molecule has 1 rings (SSSR count). The Balaban J connectivity index is 2.79. The lowest BCUT2D eigenvalue weighted by atomic mass is 10.3. The van der Waals surface area contributed by atoms with Gasteiger partial charge >= 0.3 is 0 Å². The third kappa shape index (κ3) is 2.43. The van der Waals surface area contributed by atoms with Gasteiger partial charge in [-0.15, -0.1) is 0 Å². The predicted octanol–water partition coefficient (Wildman–Crippen LogP) is 2.32. The summed E-state index contributed by atoms with van der Waals surface area (Å²) in [7, 11) is -0.668. The van der Waals surface area contributed by atoms with E-state index in [4.69, 9.17) is 5.26 Å². The van der Waals surface area contributed by atoms with E-state index in [1.807, 2.05) is 18.2 Å². The van der Waals surface area contributed by atoms with Crippen molar-refractivity contribution in [2.24, 2.45) is 0 Å². The van der Waals surface area contributed by atoms with E-state index in [1.165, 1.54) is 5.19 Å². The normalized spacial score (nSPS) is 12.5. The average molecular weight is 188 g/mol. The lowest BCUT2D eigenvalue weighted by Crippen LogP contribution is -2.30. The number of benzene rings is 1. The van der Waals surface area contributed by atoms with Crippen molar-refractivity contribution in [3.8, 4) is 6.07 Å². The lowest BCUT2D eigenvalue weighted by molar-refractivity contribution is 0.945. The van der Waals surface area contributed by atoms with Crippen molar-refractivity contribution in [1.29, 1.82) is 5.26 Å². The summed E-state index contributed by atoms with van der Waals surface area (Å²) in [5.74, 6) is 0. The Labute approximate surface area is 81.6 Å². The van der Waals surface area contributed by atoms with E-state index in [9.17, 15) is 0 Å². The molecule has 1 unspecified atom stereocenters. The molecule has 0 aromatic heterocycles.